The Morgan fingerprint density at radius 1 is 1.44 bits per heavy atom. The number of nitrogens with zero attached hydrogens (tertiary/aromatic N) is 5. The van der Waals surface area contributed by atoms with E-state index in [4.69, 9.17) is 4.52 Å². The molecule has 4 rings (SSSR count). The molecule has 144 valence electrons. The SMILES string of the molecule is Cc1noc([C@@]23CN(CCCO)C[C@@H]2CCN(C(=O)c2cccnc2)C3)n1. The predicted octanol–water partition coefficient (Wildman–Crippen LogP) is 0.871. The molecule has 0 radical (unpaired) electrons. The molecule has 0 bridgehead atoms. The monoisotopic (exact) mass is 371 g/mol. The first-order valence-corrected chi connectivity index (χ1v) is 9.46. The molecule has 2 aromatic rings. The van der Waals surface area contributed by atoms with E-state index in [9.17, 15) is 9.90 Å². The van der Waals surface area contributed by atoms with Crippen LogP contribution in [0.3, 0.4) is 0 Å². The van der Waals surface area contributed by atoms with Crippen LogP contribution in [0, 0.1) is 12.8 Å². The summed E-state index contributed by atoms with van der Waals surface area (Å²) in [5.74, 6) is 1.59. The van der Waals surface area contributed by atoms with E-state index in [1.54, 1.807) is 24.5 Å². The lowest BCUT2D eigenvalue weighted by Crippen LogP contribution is -2.53. The second kappa shape index (κ2) is 7.36. The number of aliphatic hydroxyl groups is 1. The second-order valence-electron chi connectivity index (χ2n) is 7.57. The number of aryl methyl sites for hydroxylation is 1. The van der Waals surface area contributed by atoms with Crippen LogP contribution < -0.4 is 0 Å². The number of carbonyl (C=O) groups is 1. The fourth-order valence-corrected chi connectivity index (χ4v) is 4.48. The Bertz CT molecular complexity index is 796. The van der Waals surface area contributed by atoms with Crippen molar-refractivity contribution in [2.75, 3.05) is 39.3 Å². The molecule has 8 heteroatoms. The van der Waals surface area contributed by atoms with Gasteiger partial charge in [0.1, 0.15) is 0 Å². The molecule has 2 aliphatic rings. The van der Waals surface area contributed by atoms with Gasteiger partial charge in [0.05, 0.1) is 11.0 Å². The third kappa shape index (κ3) is 3.35. The highest BCUT2D eigenvalue weighted by atomic mass is 16.5. The van der Waals surface area contributed by atoms with E-state index < -0.39 is 0 Å². The summed E-state index contributed by atoms with van der Waals surface area (Å²) in [5, 5.41) is 13.2. The van der Waals surface area contributed by atoms with Gasteiger partial charge in [0.25, 0.3) is 5.91 Å². The van der Waals surface area contributed by atoms with Gasteiger partial charge in [0.2, 0.25) is 5.89 Å². The first-order valence-electron chi connectivity index (χ1n) is 9.46. The zero-order valence-electron chi connectivity index (χ0n) is 15.5. The molecule has 2 atom stereocenters. The molecule has 27 heavy (non-hydrogen) atoms. The molecule has 2 aliphatic heterocycles. The zero-order valence-corrected chi connectivity index (χ0v) is 15.5. The van der Waals surface area contributed by atoms with E-state index in [0.29, 0.717) is 36.3 Å². The minimum Gasteiger partial charge on any atom is -0.396 e. The number of carbonyl (C=O) groups excluding carboxylic acids is 1. The number of aromatic nitrogens is 3. The largest absolute Gasteiger partial charge is 0.396 e. The Labute approximate surface area is 158 Å². The average Bonchev–Trinajstić information content (AvgIpc) is 3.30. The lowest BCUT2D eigenvalue weighted by molar-refractivity contribution is 0.0536. The number of piperidine rings is 1. The number of rotatable bonds is 5. The highest BCUT2D eigenvalue weighted by Crippen LogP contribution is 2.44. The maximum Gasteiger partial charge on any atom is 0.255 e. The fourth-order valence-electron chi connectivity index (χ4n) is 4.48. The van der Waals surface area contributed by atoms with Crippen molar-refractivity contribution in [3.63, 3.8) is 0 Å². The summed E-state index contributed by atoms with van der Waals surface area (Å²) in [6.07, 6.45) is 4.91. The van der Waals surface area contributed by atoms with Crippen LogP contribution in [0.25, 0.3) is 0 Å². The normalized spacial score (nSPS) is 25.6. The van der Waals surface area contributed by atoms with Crippen molar-refractivity contribution in [3.05, 3.63) is 41.8 Å². The molecular formula is C19H25N5O3. The summed E-state index contributed by atoms with van der Waals surface area (Å²) in [5.41, 5.74) is 0.246. The quantitative estimate of drug-likeness (QED) is 0.833. The Kier molecular flexibility index (Phi) is 4.92. The van der Waals surface area contributed by atoms with Crippen LogP contribution in [-0.2, 0) is 5.41 Å². The Hall–Kier alpha value is -2.32. The number of pyridine rings is 1. The topological polar surface area (TPSA) is 95.6 Å². The van der Waals surface area contributed by atoms with E-state index >= 15 is 0 Å². The number of hydrogen-bond acceptors (Lipinski definition) is 7. The third-order valence-electron chi connectivity index (χ3n) is 5.77. The molecule has 0 spiro atoms. The molecule has 0 aliphatic carbocycles. The fraction of sp³-hybridized carbons (Fsp3) is 0.579. The molecule has 1 amide bonds. The van der Waals surface area contributed by atoms with Crippen molar-refractivity contribution in [3.8, 4) is 0 Å². The van der Waals surface area contributed by atoms with Crippen LogP contribution in [0.15, 0.2) is 29.0 Å². The van der Waals surface area contributed by atoms with Gasteiger partial charge >= 0.3 is 0 Å². The molecule has 2 fully saturated rings. The maximum absolute atomic E-state index is 13.0. The van der Waals surface area contributed by atoms with E-state index in [0.717, 1.165) is 32.5 Å². The Morgan fingerprint density at radius 2 is 2.33 bits per heavy atom. The van der Waals surface area contributed by atoms with E-state index in [2.05, 4.69) is 20.0 Å². The third-order valence-corrected chi connectivity index (χ3v) is 5.77. The van der Waals surface area contributed by atoms with Gasteiger partial charge in [0.15, 0.2) is 5.82 Å². The standard InChI is InChI=1S/C19H25N5O3/c1-14-21-18(27-22-14)19-12-23(7-3-9-25)11-16(19)5-8-24(13-19)17(26)15-4-2-6-20-10-15/h2,4,6,10,16,25H,3,5,7-9,11-13H2,1H3/t16-,19+/m0/s1. The summed E-state index contributed by atoms with van der Waals surface area (Å²) < 4.78 is 5.61. The van der Waals surface area contributed by atoms with Crippen molar-refractivity contribution in [1.82, 2.24) is 24.9 Å². The molecule has 2 aromatic heterocycles. The van der Waals surface area contributed by atoms with Crippen molar-refractivity contribution < 1.29 is 14.4 Å². The second-order valence-corrected chi connectivity index (χ2v) is 7.57. The van der Waals surface area contributed by atoms with Gasteiger partial charge in [-0.1, -0.05) is 5.16 Å². The van der Waals surface area contributed by atoms with Crippen molar-refractivity contribution >= 4 is 5.91 Å². The molecular weight excluding hydrogens is 346 g/mol. The molecule has 8 nitrogen and oxygen atoms in total. The first-order chi connectivity index (χ1) is 13.1. The minimum atomic E-state index is -0.354. The molecule has 1 N–H and O–H groups in total. The van der Waals surface area contributed by atoms with Crippen LogP contribution in [0.5, 0.6) is 0 Å². The minimum absolute atomic E-state index is 0.00836. The number of fused-ring (bicyclic) bond motifs is 1. The van der Waals surface area contributed by atoms with Crippen molar-refractivity contribution in [2.45, 2.75) is 25.2 Å². The summed E-state index contributed by atoms with van der Waals surface area (Å²) in [6.45, 7) is 5.78. The number of likely N-dealkylation sites (tertiary alicyclic amines) is 2. The van der Waals surface area contributed by atoms with Gasteiger partial charge in [0, 0.05) is 51.7 Å². The lowest BCUT2D eigenvalue weighted by Gasteiger charge is -2.41. The van der Waals surface area contributed by atoms with E-state index in [-0.39, 0.29) is 17.9 Å². The predicted molar refractivity (Wildman–Crippen MR) is 97.1 cm³/mol. The van der Waals surface area contributed by atoms with Crippen LogP contribution in [0.2, 0.25) is 0 Å². The molecule has 0 aromatic carbocycles. The number of aliphatic hydroxyl groups excluding tert-OH is 1. The summed E-state index contributed by atoms with van der Waals surface area (Å²) >= 11 is 0. The van der Waals surface area contributed by atoms with Gasteiger partial charge < -0.3 is 19.4 Å². The molecule has 0 saturated carbocycles. The van der Waals surface area contributed by atoms with Crippen LogP contribution in [0.1, 0.15) is 34.9 Å². The van der Waals surface area contributed by atoms with Gasteiger partial charge in [-0.15, -0.1) is 0 Å². The molecule has 2 saturated heterocycles. The van der Waals surface area contributed by atoms with E-state index in [1.807, 2.05) is 11.8 Å². The Morgan fingerprint density at radius 3 is 3.04 bits per heavy atom. The summed E-state index contributed by atoms with van der Waals surface area (Å²) in [7, 11) is 0. The van der Waals surface area contributed by atoms with Gasteiger partial charge in [-0.25, -0.2) is 0 Å². The van der Waals surface area contributed by atoms with Gasteiger partial charge in [-0.3, -0.25) is 9.78 Å². The number of amides is 1. The van der Waals surface area contributed by atoms with Crippen molar-refractivity contribution in [1.29, 1.82) is 0 Å². The van der Waals surface area contributed by atoms with Gasteiger partial charge in [-0.05, 0) is 37.8 Å². The van der Waals surface area contributed by atoms with Crippen LogP contribution in [0.4, 0.5) is 0 Å². The molecule has 4 heterocycles. The summed E-state index contributed by atoms with van der Waals surface area (Å²) in [6, 6.07) is 3.58. The van der Waals surface area contributed by atoms with Crippen LogP contribution >= 0.6 is 0 Å². The zero-order chi connectivity index (χ0) is 18.9. The van der Waals surface area contributed by atoms with Gasteiger partial charge in [-0.2, -0.15) is 4.98 Å². The first kappa shape index (κ1) is 18.1. The Balaban J connectivity index is 1.62. The number of hydrogen-bond donors (Lipinski definition) is 1. The van der Waals surface area contributed by atoms with E-state index in [1.165, 1.54) is 0 Å². The van der Waals surface area contributed by atoms with Crippen LogP contribution in [-0.4, -0.2) is 75.3 Å². The highest BCUT2D eigenvalue weighted by molar-refractivity contribution is 5.94. The highest BCUT2D eigenvalue weighted by Gasteiger charge is 2.54. The molecule has 0 unspecified atom stereocenters. The average molecular weight is 371 g/mol. The maximum atomic E-state index is 13.0. The van der Waals surface area contributed by atoms with Crippen molar-refractivity contribution in [2.24, 2.45) is 5.92 Å². The summed E-state index contributed by atoms with van der Waals surface area (Å²) in [4.78, 5) is 25.8. The lowest BCUT2D eigenvalue weighted by atomic mass is 9.73. The smallest absolute Gasteiger partial charge is 0.255 e.